The summed E-state index contributed by atoms with van der Waals surface area (Å²) in [6.45, 7) is 13.7. The van der Waals surface area contributed by atoms with Crippen LogP contribution in [0.1, 0.15) is 92.4 Å². The summed E-state index contributed by atoms with van der Waals surface area (Å²) in [5, 5.41) is 11.1. The zero-order valence-electron chi connectivity index (χ0n) is 25.2. The molecule has 4 aliphatic carbocycles. The largest absolute Gasteiger partial charge is 0.391 e. The van der Waals surface area contributed by atoms with Gasteiger partial charge in [0.15, 0.2) is 0 Å². The lowest BCUT2D eigenvalue weighted by molar-refractivity contribution is -0.0821. The first-order chi connectivity index (χ1) is 16.9. The molecule has 36 heavy (non-hydrogen) atoms. The van der Waals surface area contributed by atoms with E-state index in [1.165, 1.54) is 44.9 Å². The van der Waals surface area contributed by atoms with E-state index in [1.54, 1.807) is 5.57 Å². The fourth-order valence-corrected chi connectivity index (χ4v) is 9.54. The maximum absolute atomic E-state index is 11.1. The Morgan fingerprint density at radius 2 is 1.75 bits per heavy atom. The van der Waals surface area contributed by atoms with Crippen LogP contribution in [0.3, 0.4) is 0 Å². The van der Waals surface area contributed by atoms with E-state index in [4.69, 9.17) is 0 Å². The van der Waals surface area contributed by atoms with Gasteiger partial charge in [-0.1, -0.05) is 57.9 Å². The Hall–Kier alpha value is -0.640. The highest BCUT2D eigenvalue weighted by Crippen LogP contribution is 2.67. The first kappa shape index (κ1) is 28.4. The maximum Gasteiger partial charge on any atom is 0.0700 e. The van der Waals surface area contributed by atoms with Crippen LogP contribution in [-0.4, -0.2) is 61.8 Å². The molecule has 0 spiro atoms. The molecule has 0 radical (unpaired) electrons. The smallest absolute Gasteiger partial charge is 0.0700 e. The predicted octanol–water partition coefficient (Wildman–Crippen LogP) is 7.03. The van der Waals surface area contributed by atoms with Gasteiger partial charge in [0, 0.05) is 12.6 Å². The van der Waals surface area contributed by atoms with Crippen molar-refractivity contribution in [3.05, 3.63) is 23.3 Å². The maximum atomic E-state index is 11.1. The van der Waals surface area contributed by atoms with Crippen LogP contribution in [-0.2, 0) is 0 Å². The third-order valence-corrected chi connectivity index (χ3v) is 11.9. The number of likely N-dealkylation sites (N-methyl/N-ethyl adjacent to an activating group) is 1. The van der Waals surface area contributed by atoms with Gasteiger partial charge in [-0.05, 0) is 132 Å². The summed E-state index contributed by atoms with van der Waals surface area (Å²) in [6.07, 6.45) is 16.5. The third-order valence-electron chi connectivity index (χ3n) is 11.9. The molecule has 0 bridgehead atoms. The minimum atomic E-state index is -0.181. The van der Waals surface area contributed by atoms with Crippen LogP contribution >= 0.6 is 0 Å². The minimum absolute atomic E-state index is 0.181. The highest BCUT2D eigenvalue weighted by Gasteiger charge is 2.59. The Bertz CT molecular complexity index is 828. The summed E-state index contributed by atoms with van der Waals surface area (Å²) >= 11 is 0. The number of aliphatic hydroxyl groups excluding tert-OH is 1. The van der Waals surface area contributed by atoms with Gasteiger partial charge in [-0.3, -0.25) is 0 Å². The van der Waals surface area contributed by atoms with Gasteiger partial charge in [-0.25, -0.2) is 0 Å². The van der Waals surface area contributed by atoms with E-state index in [0.29, 0.717) is 23.3 Å². The van der Waals surface area contributed by atoms with Crippen molar-refractivity contribution in [2.24, 2.45) is 46.3 Å². The molecule has 1 N–H and O–H groups in total. The van der Waals surface area contributed by atoms with Gasteiger partial charge in [0.05, 0.1) is 6.10 Å². The van der Waals surface area contributed by atoms with Crippen molar-refractivity contribution in [1.82, 2.24) is 9.80 Å². The van der Waals surface area contributed by atoms with E-state index in [-0.39, 0.29) is 11.5 Å². The summed E-state index contributed by atoms with van der Waals surface area (Å²) in [4.78, 5) is 4.58. The number of aliphatic hydroxyl groups is 1. The second kappa shape index (κ2) is 10.9. The Balaban J connectivity index is 1.49. The number of nitrogens with zero attached hydrogens (tertiary/aromatic N) is 2. The Kier molecular flexibility index (Phi) is 8.55. The van der Waals surface area contributed by atoms with Crippen LogP contribution < -0.4 is 0 Å². The summed E-state index contributed by atoms with van der Waals surface area (Å²) in [7, 11) is 8.67. The van der Waals surface area contributed by atoms with Crippen LogP contribution in [0.25, 0.3) is 0 Å². The molecule has 0 unspecified atom stereocenters. The normalized spacial score (nSPS) is 41.8. The number of hydrogen-bond donors (Lipinski definition) is 1. The molecule has 0 saturated heterocycles. The zero-order chi connectivity index (χ0) is 26.4. The van der Waals surface area contributed by atoms with Gasteiger partial charge in [0.1, 0.15) is 0 Å². The minimum Gasteiger partial charge on any atom is -0.391 e. The van der Waals surface area contributed by atoms with Crippen molar-refractivity contribution >= 4 is 0 Å². The molecular formula is C33H58N2O. The molecule has 3 fully saturated rings. The molecule has 0 amide bonds. The van der Waals surface area contributed by atoms with Crippen molar-refractivity contribution < 1.29 is 5.11 Å². The molecule has 3 saturated carbocycles. The SMILES string of the molecule is CC(C)C(=CC[C@@H](C)[C@H]1CC[C@H]2C3=CC[C@H]4C[C@H](N(C)C)[C@@H](O)C[C@]4(C)[C@H]3CC[C@]12C)CCN(C)C. The number of allylic oxidation sites excluding steroid dienone is 3. The van der Waals surface area contributed by atoms with Crippen LogP contribution in [0, 0.1) is 46.3 Å². The molecule has 0 aliphatic heterocycles. The van der Waals surface area contributed by atoms with Crippen LogP contribution in [0.5, 0.6) is 0 Å². The second-order valence-corrected chi connectivity index (χ2v) is 14.7. The van der Waals surface area contributed by atoms with Gasteiger partial charge in [-0.2, -0.15) is 0 Å². The Morgan fingerprint density at radius 3 is 2.39 bits per heavy atom. The molecule has 0 heterocycles. The molecule has 0 aromatic carbocycles. The molecule has 9 atom stereocenters. The Labute approximate surface area is 223 Å². The standard InChI is InChI=1S/C33H58N2O/c1-22(2)24(17-19-34(6)7)11-10-23(3)27-14-15-28-26-13-12-25-20-30(35(8)9)31(36)21-33(25,5)29(26)16-18-32(27,28)4/h11,13,22-23,25,27-31,36H,10,12,14-21H2,1-9H3/t23-,25+,27-,28+,29+,30+,31+,32-,33+/m1/s1. The first-order valence-electron chi connectivity index (χ1n) is 15.3. The lowest BCUT2D eigenvalue weighted by atomic mass is 9.47. The fraction of sp³-hybridized carbons (Fsp3) is 0.879. The molecule has 3 heteroatoms. The van der Waals surface area contributed by atoms with Gasteiger partial charge >= 0.3 is 0 Å². The van der Waals surface area contributed by atoms with Crippen LogP contribution in [0.2, 0.25) is 0 Å². The molecule has 206 valence electrons. The van der Waals surface area contributed by atoms with E-state index < -0.39 is 0 Å². The van der Waals surface area contributed by atoms with Gasteiger partial charge in [0.2, 0.25) is 0 Å². The van der Waals surface area contributed by atoms with E-state index in [0.717, 1.165) is 43.1 Å². The lowest BCUT2D eigenvalue weighted by Gasteiger charge is -2.59. The molecule has 0 aromatic heterocycles. The van der Waals surface area contributed by atoms with E-state index in [1.807, 2.05) is 5.57 Å². The lowest BCUT2D eigenvalue weighted by Crippen LogP contribution is -2.56. The van der Waals surface area contributed by atoms with Crippen LogP contribution in [0.4, 0.5) is 0 Å². The number of rotatable bonds is 8. The van der Waals surface area contributed by atoms with E-state index >= 15 is 0 Å². The van der Waals surface area contributed by atoms with E-state index in [9.17, 15) is 5.11 Å². The monoisotopic (exact) mass is 498 g/mol. The summed E-state index contributed by atoms with van der Waals surface area (Å²) in [5.41, 5.74) is 4.21. The second-order valence-electron chi connectivity index (χ2n) is 14.7. The average Bonchev–Trinajstić information content (AvgIpc) is 3.14. The zero-order valence-corrected chi connectivity index (χ0v) is 25.2. The molecule has 4 rings (SSSR count). The van der Waals surface area contributed by atoms with Gasteiger partial charge < -0.3 is 14.9 Å². The fourth-order valence-electron chi connectivity index (χ4n) is 9.54. The molecular weight excluding hydrogens is 440 g/mol. The molecule has 0 aromatic rings. The first-order valence-corrected chi connectivity index (χ1v) is 15.3. The average molecular weight is 499 g/mol. The number of fused-ring (bicyclic) bond motifs is 5. The van der Waals surface area contributed by atoms with Gasteiger partial charge in [0.25, 0.3) is 0 Å². The van der Waals surface area contributed by atoms with E-state index in [2.05, 4.69) is 84.8 Å². The van der Waals surface area contributed by atoms with Crippen molar-refractivity contribution in [1.29, 1.82) is 0 Å². The third kappa shape index (κ3) is 5.15. The molecule has 4 aliphatic rings. The van der Waals surface area contributed by atoms with Crippen LogP contribution in [0.15, 0.2) is 23.3 Å². The Morgan fingerprint density at radius 1 is 1.06 bits per heavy atom. The van der Waals surface area contributed by atoms with Crippen molar-refractivity contribution in [2.75, 3.05) is 34.7 Å². The van der Waals surface area contributed by atoms with Crippen molar-refractivity contribution in [3.63, 3.8) is 0 Å². The summed E-state index contributed by atoms with van der Waals surface area (Å²) < 4.78 is 0. The quantitative estimate of drug-likeness (QED) is 0.364. The highest BCUT2D eigenvalue weighted by atomic mass is 16.3. The topological polar surface area (TPSA) is 26.7 Å². The summed E-state index contributed by atoms with van der Waals surface area (Å²) in [6, 6.07) is 0.324. The van der Waals surface area contributed by atoms with Crippen molar-refractivity contribution in [2.45, 2.75) is 105 Å². The molecule has 3 nitrogen and oxygen atoms in total. The highest BCUT2D eigenvalue weighted by molar-refractivity contribution is 5.28. The van der Waals surface area contributed by atoms with Crippen molar-refractivity contribution in [3.8, 4) is 0 Å². The number of hydrogen-bond acceptors (Lipinski definition) is 3. The predicted molar refractivity (Wildman–Crippen MR) is 154 cm³/mol. The summed E-state index contributed by atoms with van der Waals surface area (Å²) in [5.74, 6) is 4.44. The van der Waals surface area contributed by atoms with Gasteiger partial charge in [-0.15, -0.1) is 0 Å².